The molecule has 2 atom stereocenters. The summed E-state index contributed by atoms with van der Waals surface area (Å²) >= 11 is 0. The van der Waals surface area contributed by atoms with Crippen molar-refractivity contribution >= 4 is 6.16 Å². The Bertz CT molecular complexity index is 202. The molecule has 2 fully saturated rings. The van der Waals surface area contributed by atoms with Crippen LogP contribution in [0.5, 0.6) is 0 Å². The standard InChI is InChI=1S/C8H13NO3/c10-7(11)12-8-2-1-4-9(6-8)5-3-8/h1-6H2,(H,10,11). The average Bonchev–Trinajstić information content (AvgIpc) is 2.25. The summed E-state index contributed by atoms with van der Waals surface area (Å²) in [5.41, 5.74) is -0.357. The lowest BCUT2D eigenvalue weighted by atomic mass is 9.95. The van der Waals surface area contributed by atoms with Crippen molar-refractivity contribution in [1.82, 2.24) is 4.90 Å². The zero-order valence-corrected chi connectivity index (χ0v) is 6.95. The van der Waals surface area contributed by atoms with Gasteiger partial charge in [-0.05, 0) is 19.4 Å². The Balaban J connectivity index is 2.05. The third-order valence-electron chi connectivity index (χ3n) is 2.81. The first-order chi connectivity index (χ1) is 5.70. The summed E-state index contributed by atoms with van der Waals surface area (Å²) < 4.78 is 4.94. The first-order valence-electron chi connectivity index (χ1n) is 4.35. The predicted molar refractivity (Wildman–Crippen MR) is 42.1 cm³/mol. The topological polar surface area (TPSA) is 49.8 Å². The van der Waals surface area contributed by atoms with Crippen molar-refractivity contribution in [3.63, 3.8) is 0 Å². The Hall–Kier alpha value is -0.770. The van der Waals surface area contributed by atoms with Crippen molar-refractivity contribution in [3.05, 3.63) is 0 Å². The molecule has 0 aromatic rings. The summed E-state index contributed by atoms with van der Waals surface area (Å²) in [7, 11) is 0. The van der Waals surface area contributed by atoms with E-state index in [2.05, 4.69) is 4.90 Å². The quantitative estimate of drug-likeness (QED) is 0.596. The molecule has 68 valence electrons. The van der Waals surface area contributed by atoms with E-state index >= 15 is 0 Å². The Kier molecular flexibility index (Phi) is 1.72. The molecule has 0 aliphatic carbocycles. The Labute approximate surface area is 71.1 Å². The van der Waals surface area contributed by atoms with Crippen LogP contribution in [0.4, 0.5) is 4.79 Å². The normalized spacial score (nSPS) is 39.5. The number of fused-ring (bicyclic) bond motifs is 2. The highest BCUT2D eigenvalue weighted by molar-refractivity contribution is 5.57. The average molecular weight is 171 g/mol. The second-order valence-electron chi connectivity index (χ2n) is 3.68. The molecule has 0 aromatic heterocycles. The van der Waals surface area contributed by atoms with Gasteiger partial charge in [-0.1, -0.05) is 0 Å². The van der Waals surface area contributed by atoms with Crippen molar-refractivity contribution in [2.24, 2.45) is 0 Å². The summed E-state index contributed by atoms with van der Waals surface area (Å²) in [5.74, 6) is 0. The fourth-order valence-electron chi connectivity index (χ4n) is 2.27. The molecule has 2 bridgehead atoms. The molecule has 4 nitrogen and oxygen atoms in total. The van der Waals surface area contributed by atoms with Crippen LogP contribution in [0.3, 0.4) is 0 Å². The number of nitrogens with zero attached hydrogens (tertiary/aromatic N) is 1. The highest BCUT2D eigenvalue weighted by Gasteiger charge is 2.44. The molecule has 1 N–H and O–H groups in total. The molecule has 0 amide bonds. The van der Waals surface area contributed by atoms with Crippen LogP contribution in [0.15, 0.2) is 0 Å². The molecule has 2 rings (SSSR count). The molecular weight excluding hydrogens is 158 g/mol. The summed E-state index contributed by atoms with van der Waals surface area (Å²) in [6.07, 6.45) is 1.71. The summed E-state index contributed by atoms with van der Waals surface area (Å²) in [6, 6.07) is 0. The number of ether oxygens (including phenoxy) is 1. The Morgan fingerprint density at radius 2 is 2.25 bits per heavy atom. The maximum Gasteiger partial charge on any atom is 0.506 e. The van der Waals surface area contributed by atoms with E-state index in [4.69, 9.17) is 9.84 Å². The van der Waals surface area contributed by atoms with Gasteiger partial charge in [-0.15, -0.1) is 0 Å². The maximum atomic E-state index is 10.4. The molecule has 2 heterocycles. The lowest BCUT2D eigenvalue weighted by Crippen LogP contribution is -2.42. The highest BCUT2D eigenvalue weighted by atomic mass is 16.7. The van der Waals surface area contributed by atoms with Crippen LogP contribution < -0.4 is 0 Å². The molecule has 0 spiro atoms. The number of carboxylic acid groups (broad SMARTS) is 1. The number of piperidine rings is 1. The number of hydrogen-bond donors (Lipinski definition) is 1. The zero-order valence-electron chi connectivity index (χ0n) is 6.95. The third-order valence-corrected chi connectivity index (χ3v) is 2.81. The smallest absolute Gasteiger partial charge is 0.450 e. The lowest BCUT2D eigenvalue weighted by molar-refractivity contribution is -0.0290. The van der Waals surface area contributed by atoms with Gasteiger partial charge in [0.15, 0.2) is 0 Å². The Morgan fingerprint density at radius 1 is 1.42 bits per heavy atom. The number of carbonyl (C=O) groups is 1. The van der Waals surface area contributed by atoms with Gasteiger partial charge in [0.25, 0.3) is 0 Å². The van der Waals surface area contributed by atoms with Crippen LogP contribution in [0.2, 0.25) is 0 Å². The van der Waals surface area contributed by atoms with E-state index in [0.717, 1.165) is 38.9 Å². The molecule has 0 aromatic carbocycles. The van der Waals surface area contributed by atoms with Crippen molar-refractivity contribution in [2.75, 3.05) is 19.6 Å². The van der Waals surface area contributed by atoms with Crippen LogP contribution in [0, 0.1) is 0 Å². The van der Waals surface area contributed by atoms with Gasteiger partial charge >= 0.3 is 6.16 Å². The Morgan fingerprint density at radius 3 is 3.00 bits per heavy atom. The van der Waals surface area contributed by atoms with E-state index in [1.165, 1.54) is 0 Å². The highest BCUT2D eigenvalue weighted by Crippen LogP contribution is 2.34. The van der Waals surface area contributed by atoms with Crippen molar-refractivity contribution in [2.45, 2.75) is 24.9 Å². The van der Waals surface area contributed by atoms with Crippen LogP contribution in [-0.2, 0) is 4.74 Å². The minimum atomic E-state index is -1.13. The first-order valence-corrected chi connectivity index (χ1v) is 4.35. The van der Waals surface area contributed by atoms with Gasteiger partial charge in [0.2, 0.25) is 0 Å². The summed E-state index contributed by atoms with van der Waals surface area (Å²) in [5, 5.41) is 8.54. The maximum absolute atomic E-state index is 10.4. The summed E-state index contributed by atoms with van der Waals surface area (Å²) in [4.78, 5) is 12.7. The van der Waals surface area contributed by atoms with Crippen LogP contribution >= 0.6 is 0 Å². The lowest BCUT2D eigenvalue weighted by Gasteiger charge is -2.32. The minimum Gasteiger partial charge on any atom is -0.450 e. The second-order valence-corrected chi connectivity index (χ2v) is 3.68. The largest absolute Gasteiger partial charge is 0.506 e. The molecule has 2 aliphatic rings. The van der Waals surface area contributed by atoms with E-state index in [0.29, 0.717) is 0 Å². The van der Waals surface area contributed by atoms with Crippen LogP contribution in [-0.4, -0.2) is 41.4 Å². The monoisotopic (exact) mass is 171 g/mol. The second kappa shape index (κ2) is 2.62. The molecule has 0 radical (unpaired) electrons. The van der Waals surface area contributed by atoms with Gasteiger partial charge in [0, 0.05) is 19.5 Å². The molecule has 4 heteroatoms. The van der Waals surface area contributed by atoms with Gasteiger partial charge in [0.1, 0.15) is 5.60 Å². The third kappa shape index (κ3) is 1.27. The SMILES string of the molecule is O=C(O)OC12CCCN(CC1)C2. The zero-order chi connectivity index (χ0) is 8.60. The first kappa shape index (κ1) is 7.86. The minimum absolute atomic E-state index is 0.357. The predicted octanol–water partition coefficient (Wildman–Crippen LogP) is 0.919. The van der Waals surface area contributed by atoms with E-state index in [-0.39, 0.29) is 5.60 Å². The van der Waals surface area contributed by atoms with Crippen molar-refractivity contribution < 1.29 is 14.6 Å². The molecule has 12 heavy (non-hydrogen) atoms. The summed E-state index contributed by atoms with van der Waals surface area (Å²) in [6.45, 7) is 2.90. The van der Waals surface area contributed by atoms with Crippen molar-refractivity contribution in [1.29, 1.82) is 0 Å². The van der Waals surface area contributed by atoms with E-state index in [1.54, 1.807) is 0 Å². The van der Waals surface area contributed by atoms with E-state index in [9.17, 15) is 4.79 Å². The van der Waals surface area contributed by atoms with E-state index < -0.39 is 6.16 Å². The molecular formula is C8H13NO3. The number of hydrogen-bond acceptors (Lipinski definition) is 3. The van der Waals surface area contributed by atoms with Gasteiger partial charge in [-0.3, -0.25) is 4.90 Å². The molecule has 2 aliphatic heterocycles. The van der Waals surface area contributed by atoms with Crippen molar-refractivity contribution in [3.8, 4) is 0 Å². The van der Waals surface area contributed by atoms with Crippen LogP contribution in [0.1, 0.15) is 19.3 Å². The van der Waals surface area contributed by atoms with E-state index in [1.807, 2.05) is 0 Å². The molecule has 2 saturated heterocycles. The molecule has 0 saturated carbocycles. The fourth-order valence-corrected chi connectivity index (χ4v) is 2.27. The van der Waals surface area contributed by atoms with Gasteiger partial charge < -0.3 is 9.84 Å². The van der Waals surface area contributed by atoms with Gasteiger partial charge in [-0.25, -0.2) is 4.79 Å². The van der Waals surface area contributed by atoms with Gasteiger partial charge in [0.05, 0.1) is 0 Å². The van der Waals surface area contributed by atoms with Crippen LogP contribution in [0.25, 0.3) is 0 Å². The fraction of sp³-hybridized carbons (Fsp3) is 0.875. The number of rotatable bonds is 1. The molecule has 2 unspecified atom stereocenters. The van der Waals surface area contributed by atoms with Gasteiger partial charge in [-0.2, -0.15) is 0 Å².